The van der Waals surface area contributed by atoms with Crippen LogP contribution in [0.1, 0.15) is 10.4 Å². The Kier molecular flexibility index (Phi) is 4.13. The lowest BCUT2D eigenvalue weighted by molar-refractivity contribution is -0.383. The summed E-state index contributed by atoms with van der Waals surface area (Å²) in [6.45, 7) is -0.763. The van der Waals surface area contributed by atoms with E-state index in [-0.39, 0.29) is 11.3 Å². The van der Waals surface area contributed by atoms with Gasteiger partial charge in [-0.05, 0) is 6.07 Å². The number of nitro groups is 1. The van der Waals surface area contributed by atoms with Gasteiger partial charge in [0.05, 0.1) is 17.0 Å². The lowest BCUT2D eigenvalue weighted by Gasteiger charge is -2.17. The van der Waals surface area contributed by atoms with Crippen LogP contribution in [0.4, 0.5) is 20.2 Å². The molecule has 1 amide bonds. The van der Waals surface area contributed by atoms with E-state index in [9.17, 15) is 23.7 Å². The molecule has 0 heterocycles. The maximum absolute atomic E-state index is 12.1. The summed E-state index contributed by atoms with van der Waals surface area (Å²) < 4.78 is 24.3. The first-order chi connectivity index (χ1) is 8.34. The number of carbonyl (C=O) groups excluding carboxylic acids is 1. The van der Waals surface area contributed by atoms with Gasteiger partial charge < -0.3 is 10.6 Å². The van der Waals surface area contributed by atoms with Crippen LogP contribution in [0.2, 0.25) is 0 Å². The van der Waals surface area contributed by atoms with Crippen molar-refractivity contribution in [2.45, 2.75) is 6.43 Å². The van der Waals surface area contributed by atoms with Crippen LogP contribution in [0.5, 0.6) is 0 Å². The molecule has 1 aromatic rings. The smallest absolute Gasteiger partial charge is 0.292 e. The molecule has 0 aliphatic carbocycles. The SMILES string of the molecule is CN(CC(F)F)C(=O)c1cccc([N+](=O)[O-])c1N. The molecule has 98 valence electrons. The van der Waals surface area contributed by atoms with Gasteiger partial charge in [-0.2, -0.15) is 0 Å². The number of anilines is 1. The molecule has 8 heteroatoms. The molecule has 2 N–H and O–H groups in total. The highest BCUT2D eigenvalue weighted by Crippen LogP contribution is 2.25. The number of hydrogen-bond acceptors (Lipinski definition) is 4. The third-order valence-corrected chi connectivity index (χ3v) is 2.27. The van der Waals surface area contributed by atoms with E-state index in [1.807, 2.05) is 0 Å². The van der Waals surface area contributed by atoms with Crippen LogP contribution in [-0.2, 0) is 0 Å². The Bertz CT molecular complexity index is 479. The average molecular weight is 259 g/mol. The predicted octanol–water partition coefficient (Wildman–Crippen LogP) is 1.51. The molecule has 0 aliphatic rings. The largest absolute Gasteiger partial charge is 0.393 e. The minimum Gasteiger partial charge on any atom is -0.393 e. The first-order valence-electron chi connectivity index (χ1n) is 4.91. The number of nitrogens with zero attached hydrogens (tertiary/aromatic N) is 2. The number of alkyl halides is 2. The van der Waals surface area contributed by atoms with Crippen molar-refractivity contribution in [3.63, 3.8) is 0 Å². The molecule has 18 heavy (non-hydrogen) atoms. The number of benzene rings is 1. The van der Waals surface area contributed by atoms with Crippen molar-refractivity contribution >= 4 is 17.3 Å². The van der Waals surface area contributed by atoms with Crippen molar-refractivity contribution in [1.29, 1.82) is 0 Å². The molecule has 0 saturated heterocycles. The number of nitrogen functional groups attached to an aromatic ring is 1. The molecule has 0 atom stereocenters. The van der Waals surface area contributed by atoms with Crippen LogP contribution in [0.15, 0.2) is 18.2 Å². The fourth-order valence-corrected chi connectivity index (χ4v) is 1.39. The Morgan fingerprint density at radius 3 is 2.67 bits per heavy atom. The Labute approximate surface area is 101 Å². The fraction of sp³-hybridized carbons (Fsp3) is 0.300. The maximum atomic E-state index is 12.1. The maximum Gasteiger partial charge on any atom is 0.292 e. The Morgan fingerprint density at radius 2 is 2.17 bits per heavy atom. The summed E-state index contributed by atoms with van der Waals surface area (Å²) in [6.07, 6.45) is -2.68. The monoisotopic (exact) mass is 259 g/mol. The van der Waals surface area contributed by atoms with Crippen LogP contribution in [0, 0.1) is 10.1 Å². The zero-order valence-corrected chi connectivity index (χ0v) is 9.47. The van der Waals surface area contributed by atoms with E-state index in [2.05, 4.69) is 0 Å². The van der Waals surface area contributed by atoms with E-state index in [1.54, 1.807) is 0 Å². The molecular weight excluding hydrogens is 248 g/mol. The van der Waals surface area contributed by atoms with Gasteiger partial charge in [0.15, 0.2) is 0 Å². The fourth-order valence-electron chi connectivity index (χ4n) is 1.39. The molecule has 0 saturated carbocycles. The topological polar surface area (TPSA) is 89.5 Å². The van der Waals surface area contributed by atoms with E-state index in [0.29, 0.717) is 0 Å². The molecule has 1 aromatic carbocycles. The van der Waals surface area contributed by atoms with Gasteiger partial charge in [-0.25, -0.2) is 8.78 Å². The normalized spacial score (nSPS) is 10.4. The lowest BCUT2D eigenvalue weighted by atomic mass is 10.1. The van der Waals surface area contributed by atoms with Crippen molar-refractivity contribution in [2.75, 3.05) is 19.3 Å². The van der Waals surface area contributed by atoms with Gasteiger partial charge >= 0.3 is 0 Å². The molecule has 0 bridgehead atoms. The number of halogens is 2. The minimum atomic E-state index is -2.68. The number of hydrogen-bond donors (Lipinski definition) is 1. The van der Waals surface area contributed by atoms with Gasteiger partial charge in [-0.1, -0.05) is 6.07 Å². The summed E-state index contributed by atoms with van der Waals surface area (Å²) in [5, 5.41) is 10.6. The standard InChI is InChI=1S/C10H11F2N3O3/c1-14(5-8(11)12)10(16)6-3-2-4-7(9(6)13)15(17)18/h2-4,8H,5,13H2,1H3. The van der Waals surface area contributed by atoms with Crippen LogP contribution in [0.25, 0.3) is 0 Å². The van der Waals surface area contributed by atoms with E-state index < -0.39 is 29.5 Å². The van der Waals surface area contributed by atoms with Gasteiger partial charge in [0.1, 0.15) is 5.69 Å². The van der Waals surface area contributed by atoms with Crippen LogP contribution in [-0.4, -0.2) is 35.7 Å². The molecule has 0 radical (unpaired) electrons. The highest BCUT2D eigenvalue weighted by atomic mass is 19.3. The minimum absolute atomic E-state index is 0.160. The lowest BCUT2D eigenvalue weighted by Crippen LogP contribution is -2.31. The van der Waals surface area contributed by atoms with Gasteiger partial charge in [-0.3, -0.25) is 14.9 Å². The van der Waals surface area contributed by atoms with E-state index in [1.165, 1.54) is 19.2 Å². The van der Waals surface area contributed by atoms with E-state index in [0.717, 1.165) is 11.0 Å². The van der Waals surface area contributed by atoms with Gasteiger partial charge in [0.25, 0.3) is 18.0 Å². The number of nitro benzene ring substituents is 1. The summed E-state index contributed by atoms with van der Waals surface area (Å²) in [6, 6.07) is 3.67. The van der Waals surface area contributed by atoms with Crippen molar-refractivity contribution < 1.29 is 18.5 Å². The predicted molar refractivity (Wildman–Crippen MR) is 60.5 cm³/mol. The Morgan fingerprint density at radius 1 is 1.56 bits per heavy atom. The van der Waals surface area contributed by atoms with Gasteiger partial charge in [0, 0.05) is 13.1 Å². The quantitative estimate of drug-likeness (QED) is 0.504. The first kappa shape index (κ1) is 13.8. The summed E-state index contributed by atoms with van der Waals surface area (Å²) in [7, 11) is 1.17. The van der Waals surface area contributed by atoms with Crippen LogP contribution in [0.3, 0.4) is 0 Å². The summed E-state index contributed by atoms with van der Waals surface area (Å²) in [5.41, 5.74) is 4.57. The Hall–Kier alpha value is -2.25. The zero-order chi connectivity index (χ0) is 13.9. The molecule has 0 aromatic heterocycles. The number of rotatable bonds is 4. The third kappa shape index (κ3) is 2.90. The number of carbonyl (C=O) groups is 1. The summed E-state index contributed by atoms with van der Waals surface area (Å²) >= 11 is 0. The first-order valence-corrected chi connectivity index (χ1v) is 4.91. The Balaban J connectivity index is 3.07. The molecular formula is C10H11F2N3O3. The summed E-state index contributed by atoms with van der Waals surface area (Å²) in [5.74, 6) is -0.781. The number of para-hydroxylation sites is 1. The average Bonchev–Trinajstić information content (AvgIpc) is 2.27. The van der Waals surface area contributed by atoms with E-state index >= 15 is 0 Å². The van der Waals surface area contributed by atoms with Crippen molar-refractivity contribution in [1.82, 2.24) is 4.90 Å². The molecule has 6 nitrogen and oxygen atoms in total. The second-order valence-electron chi connectivity index (χ2n) is 3.57. The zero-order valence-electron chi connectivity index (χ0n) is 9.47. The second kappa shape index (κ2) is 5.39. The number of amides is 1. The third-order valence-electron chi connectivity index (χ3n) is 2.27. The molecule has 0 spiro atoms. The molecule has 0 unspecified atom stereocenters. The summed E-state index contributed by atoms with van der Waals surface area (Å²) in [4.78, 5) is 22.4. The molecule has 0 fully saturated rings. The van der Waals surface area contributed by atoms with E-state index in [4.69, 9.17) is 5.73 Å². The van der Waals surface area contributed by atoms with Crippen LogP contribution >= 0.6 is 0 Å². The van der Waals surface area contributed by atoms with Gasteiger partial charge in [-0.15, -0.1) is 0 Å². The molecule has 1 rings (SSSR count). The highest BCUT2D eigenvalue weighted by Gasteiger charge is 2.22. The van der Waals surface area contributed by atoms with Crippen molar-refractivity contribution in [2.24, 2.45) is 0 Å². The highest BCUT2D eigenvalue weighted by molar-refractivity contribution is 6.00. The van der Waals surface area contributed by atoms with Crippen molar-refractivity contribution in [3.8, 4) is 0 Å². The van der Waals surface area contributed by atoms with Crippen molar-refractivity contribution in [3.05, 3.63) is 33.9 Å². The van der Waals surface area contributed by atoms with Gasteiger partial charge in [0.2, 0.25) is 0 Å². The van der Waals surface area contributed by atoms with Crippen LogP contribution < -0.4 is 5.73 Å². The molecule has 0 aliphatic heterocycles. The number of nitrogens with two attached hydrogens (primary N) is 1. The second-order valence-corrected chi connectivity index (χ2v) is 3.57.